The summed E-state index contributed by atoms with van der Waals surface area (Å²) in [6, 6.07) is 0. The maximum absolute atomic E-state index is 9.20. The standard InChI is InChI=1S/C11H24N2O/c1-3-4-11(10-14)9-13-7-5-12(2)6-8-13/h11,14H,3-10H2,1-2H3. The van der Waals surface area contributed by atoms with Crippen molar-refractivity contribution in [3.8, 4) is 0 Å². The second kappa shape index (κ2) is 6.38. The summed E-state index contributed by atoms with van der Waals surface area (Å²) in [6.07, 6.45) is 2.34. The number of aliphatic hydroxyl groups is 1. The van der Waals surface area contributed by atoms with E-state index in [1.165, 1.54) is 19.5 Å². The van der Waals surface area contributed by atoms with Crippen LogP contribution in [0.25, 0.3) is 0 Å². The van der Waals surface area contributed by atoms with Gasteiger partial charge in [-0.3, -0.25) is 0 Å². The Kier molecular flexibility index (Phi) is 5.45. The molecule has 1 heterocycles. The molecular formula is C11H24N2O. The fraction of sp³-hybridized carbons (Fsp3) is 1.00. The second-order valence-electron chi connectivity index (χ2n) is 4.44. The molecule has 1 atom stereocenters. The van der Waals surface area contributed by atoms with Crippen LogP contribution in [0.4, 0.5) is 0 Å². The summed E-state index contributed by atoms with van der Waals surface area (Å²) in [6.45, 7) is 8.28. The number of nitrogens with zero attached hydrogens (tertiary/aromatic N) is 2. The zero-order valence-electron chi connectivity index (χ0n) is 9.58. The maximum Gasteiger partial charge on any atom is 0.0471 e. The van der Waals surface area contributed by atoms with E-state index in [1.807, 2.05) is 0 Å². The Morgan fingerprint density at radius 1 is 1.21 bits per heavy atom. The monoisotopic (exact) mass is 200 g/mol. The van der Waals surface area contributed by atoms with E-state index in [2.05, 4.69) is 23.8 Å². The summed E-state index contributed by atoms with van der Waals surface area (Å²) in [7, 11) is 2.17. The molecular weight excluding hydrogens is 176 g/mol. The Bertz CT molecular complexity index is 144. The number of rotatable bonds is 5. The zero-order chi connectivity index (χ0) is 10.4. The van der Waals surface area contributed by atoms with Gasteiger partial charge in [0, 0.05) is 39.3 Å². The molecule has 3 nitrogen and oxygen atoms in total. The van der Waals surface area contributed by atoms with E-state index >= 15 is 0 Å². The Labute approximate surface area is 87.7 Å². The van der Waals surface area contributed by atoms with Gasteiger partial charge in [0.25, 0.3) is 0 Å². The second-order valence-corrected chi connectivity index (χ2v) is 4.44. The summed E-state index contributed by atoms with van der Waals surface area (Å²) in [5, 5.41) is 9.20. The molecule has 0 aromatic rings. The number of hydrogen-bond donors (Lipinski definition) is 1. The Morgan fingerprint density at radius 3 is 2.36 bits per heavy atom. The highest BCUT2D eigenvalue weighted by Crippen LogP contribution is 2.09. The van der Waals surface area contributed by atoms with Crippen molar-refractivity contribution < 1.29 is 5.11 Å². The summed E-state index contributed by atoms with van der Waals surface area (Å²) in [4.78, 5) is 4.85. The van der Waals surface area contributed by atoms with Crippen molar-refractivity contribution in [2.45, 2.75) is 19.8 Å². The molecule has 0 aliphatic carbocycles. The summed E-state index contributed by atoms with van der Waals surface area (Å²) < 4.78 is 0. The highest BCUT2D eigenvalue weighted by molar-refractivity contribution is 4.72. The highest BCUT2D eigenvalue weighted by atomic mass is 16.3. The van der Waals surface area contributed by atoms with Crippen molar-refractivity contribution in [1.82, 2.24) is 9.80 Å². The fourth-order valence-electron chi connectivity index (χ4n) is 2.04. The Morgan fingerprint density at radius 2 is 1.86 bits per heavy atom. The normalized spacial score (nSPS) is 22.5. The van der Waals surface area contributed by atoms with Crippen LogP contribution in [0.15, 0.2) is 0 Å². The smallest absolute Gasteiger partial charge is 0.0471 e. The molecule has 1 fully saturated rings. The lowest BCUT2D eigenvalue weighted by molar-refractivity contribution is 0.110. The molecule has 0 radical (unpaired) electrons. The van der Waals surface area contributed by atoms with Crippen LogP contribution in [-0.4, -0.2) is 61.3 Å². The van der Waals surface area contributed by atoms with Gasteiger partial charge in [0.1, 0.15) is 0 Å². The van der Waals surface area contributed by atoms with Gasteiger partial charge in [0.05, 0.1) is 0 Å². The first-order valence-corrected chi connectivity index (χ1v) is 5.78. The molecule has 1 aliphatic rings. The molecule has 0 amide bonds. The van der Waals surface area contributed by atoms with Gasteiger partial charge >= 0.3 is 0 Å². The first-order chi connectivity index (χ1) is 6.76. The van der Waals surface area contributed by atoms with Gasteiger partial charge in [-0.15, -0.1) is 0 Å². The molecule has 1 rings (SSSR count). The summed E-state index contributed by atoms with van der Waals surface area (Å²) >= 11 is 0. The van der Waals surface area contributed by atoms with E-state index in [0.717, 1.165) is 26.1 Å². The summed E-state index contributed by atoms with van der Waals surface area (Å²) in [5.74, 6) is 0.489. The molecule has 1 saturated heterocycles. The van der Waals surface area contributed by atoms with Gasteiger partial charge in [-0.05, 0) is 19.4 Å². The van der Waals surface area contributed by atoms with Gasteiger partial charge in [-0.2, -0.15) is 0 Å². The van der Waals surface area contributed by atoms with E-state index in [-0.39, 0.29) is 0 Å². The minimum Gasteiger partial charge on any atom is -0.396 e. The average Bonchev–Trinajstić information content (AvgIpc) is 2.20. The van der Waals surface area contributed by atoms with Gasteiger partial charge in [-0.25, -0.2) is 0 Å². The third kappa shape index (κ3) is 3.95. The fourth-order valence-corrected chi connectivity index (χ4v) is 2.04. The molecule has 84 valence electrons. The predicted molar refractivity (Wildman–Crippen MR) is 59.4 cm³/mol. The number of hydrogen-bond acceptors (Lipinski definition) is 3. The van der Waals surface area contributed by atoms with Crippen molar-refractivity contribution >= 4 is 0 Å². The zero-order valence-corrected chi connectivity index (χ0v) is 9.58. The highest BCUT2D eigenvalue weighted by Gasteiger charge is 2.17. The van der Waals surface area contributed by atoms with E-state index < -0.39 is 0 Å². The van der Waals surface area contributed by atoms with E-state index in [9.17, 15) is 5.11 Å². The SMILES string of the molecule is CCCC(CO)CN1CCN(C)CC1. The third-order valence-corrected chi connectivity index (χ3v) is 3.07. The molecule has 0 spiro atoms. The minimum atomic E-state index is 0.347. The molecule has 0 bridgehead atoms. The van der Waals surface area contributed by atoms with Crippen LogP contribution in [0, 0.1) is 5.92 Å². The lowest BCUT2D eigenvalue weighted by Gasteiger charge is -2.34. The number of aliphatic hydroxyl groups excluding tert-OH is 1. The first kappa shape index (κ1) is 12.0. The molecule has 14 heavy (non-hydrogen) atoms. The van der Waals surface area contributed by atoms with Crippen molar-refractivity contribution in [1.29, 1.82) is 0 Å². The lowest BCUT2D eigenvalue weighted by atomic mass is 10.0. The molecule has 1 aliphatic heterocycles. The third-order valence-electron chi connectivity index (χ3n) is 3.07. The Balaban J connectivity index is 2.21. The largest absolute Gasteiger partial charge is 0.396 e. The number of piperazine rings is 1. The van der Waals surface area contributed by atoms with E-state index in [4.69, 9.17) is 0 Å². The van der Waals surface area contributed by atoms with Crippen molar-refractivity contribution in [2.24, 2.45) is 5.92 Å². The van der Waals surface area contributed by atoms with Crippen LogP contribution in [-0.2, 0) is 0 Å². The molecule has 1 unspecified atom stereocenters. The predicted octanol–water partition coefficient (Wildman–Crippen LogP) is 0.642. The van der Waals surface area contributed by atoms with Crippen molar-refractivity contribution in [2.75, 3.05) is 46.4 Å². The first-order valence-electron chi connectivity index (χ1n) is 5.78. The minimum absolute atomic E-state index is 0.347. The van der Waals surface area contributed by atoms with Crippen LogP contribution in [0.2, 0.25) is 0 Å². The number of likely N-dealkylation sites (N-methyl/N-ethyl adjacent to an activating group) is 1. The molecule has 3 heteroatoms. The van der Waals surface area contributed by atoms with Crippen LogP contribution in [0.1, 0.15) is 19.8 Å². The van der Waals surface area contributed by atoms with Crippen LogP contribution in [0.5, 0.6) is 0 Å². The van der Waals surface area contributed by atoms with Crippen molar-refractivity contribution in [3.63, 3.8) is 0 Å². The molecule has 0 saturated carbocycles. The quantitative estimate of drug-likeness (QED) is 0.705. The van der Waals surface area contributed by atoms with Gasteiger partial charge in [-0.1, -0.05) is 13.3 Å². The van der Waals surface area contributed by atoms with Crippen LogP contribution >= 0.6 is 0 Å². The van der Waals surface area contributed by atoms with Crippen molar-refractivity contribution in [3.05, 3.63) is 0 Å². The maximum atomic E-state index is 9.20. The van der Waals surface area contributed by atoms with Gasteiger partial charge in [0.2, 0.25) is 0 Å². The Hall–Kier alpha value is -0.120. The van der Waals surface area contributed by atoms with E-state index in [1.54, 1.807) is 0 Å². The van der Waals surface area contributed by atoms with Gasteiger partial charge in [0.15, 0.2) is 0 Å². The lowest BCUT2D eigenvalue weighted by Crippen LogP contribution is -2.46. The van der Waals surface area contributed by atoms with Crippen LogP contribution in [0.3, 0.4) is 0 Å². The molecule has 1 N–H and O–H groups in total. The molecule has 0 aromatic heterocycles. The van der Waals surface area contributed by atoms with Gasteiger partial charge < -0.3 is 14.9 Å². The topological polar surface area (TPSA) is 26.7 Å². The summed E-state index contributed by atoms with van der Waals surface area (Å²) in [5.41, 5.74) is 0. The van der Waals surface area contributed by atoms with E-state index in [0.29, 0.717) is 12.5 Å². The molecule has 0 aromatic carbocycles. The average molecular weight is 200 g/mol. The van der Waals surface area contributed by atoms with Crippen LogP contribution < -0.4 is 0 Å².